The summed E-state index contributed by atoms with van der Waals surface area (Å²) < 4.78 is 0. The van der Waals surface area contributed by atoms with Crippen LogP contribution >= 0.6 is 0 Å². The van der Waals surface area contributed by atoms with E-state index in [9.17, 15) is 0 Å². The average molecular weight is 203 g/mol. The maximum absolute atomic E-state index is 9.03. The van der Waals surface area contributed by atoms with Crippen LogP contribution in [0.25, 0.3) is 0 Å². The number of rotatable bonds is 4. The number of nitrogens with two attached hydrogens (primary N) is 3. The predicted molar refractivity (Wildman–Crippen MR) is 54.6 cm³/mol. The Labute approximate surface area is 82.3 Å². The molecule has 0 aliphatic heterocycles. The summed E-state index contributed by atoms with van der Waals surface area (Å²) >= 11 is 0. The van der Waals surface area contributed by atoms with Crippen molar-refractivity contribution in [1.29, 1.82) is 0 Å². The van der Waals surface area contributed by atoms with Crippen LogP contribution in [0.4, 0.5) is 0 Å². The van der Waals surface area contributed by atoms with Gasteiger partial charge in [-0.3, -0.25) is 0 Å². The molecule has 0 aromatic carbocycles. The number of aliphatic imine (C=N–C) groups is 2. The van der Waals surface area contributed by atoms with Gasteiger partial charge in [0.05, 0.1) is 13.2 Å². The molecule has 0 fully saturated rings. The van der Waals surface area contributed by atoms with Crippen LogP contribution in [0.5, 0.6) is 0 Å². The lowest BCUT2D eigenvalue weighted by atomic mass is 10.00. The zero-order valence-corrected chi connectivity index (χ0v) is 8.14. The van der Waals surface area contributed by atoms with E-state index in [1.165, 1.54) is 0 Å². The van der Waals surface area contributed by atoms with E-state index in [0.717, 1.165) is 0 Å². The molecular formula is C7H17N5O2. The van der Waals surface area contributed by atoms with E-state index < -0.39 is 5.54 Å². The predicted octanol–water partition coefficient (Wildman–Crippen LogP) is -2.29. The summed E-state index contributed by atoms with van der Waals surface area (Å²) in [5.41, 5.74) is 14.5. The summed E-state index contributed by atoms with van der Waals surface area (Å²) in [4.78, 5) is 7.33. The number of hydrogen-bond donors (Lipinski definition) is 5. The number of hydrogen-bond acceptors (Lipinski definition) is 3. The lowest BCUT2D eigenvalue weighted by Crippen LogP contribution is -2.37. The van der Waals surface area contributed by atoms with Crippen molar-refractivity contribution in [1.82, 2.24) is 0 Å². The highest BCUT2D eigenvalue weighted by molar-refractivity contribution is 5.92. The van der Waals surface area contributed by atoms with E-state index in [-0.39, 0.29) is 25.1 Å². The zero-order valence-electron chi connectivity index (χ0n) is 8.14. The summed E-state index contributed by atoms with van der Waals surface area (Å²) in [7, 11) is 0. The highest BCUT2D eigenvalue weighted by Crippen LogP contribution is 2.14. The van der Waals surface area contributed by atoms with Gasteiger partial charge in [-0.1, -0.05) is 6.92 Å². The summed E-state index contributed by atoms with van der Waals surface area (Å²) in [6, 6.07) is 0. The normalized spacial score (nSPS) is 12.6. The van der Waals surface area contributed by atoms with Crippen LogP contribution < -0.4 is 17.2 Å². The maximum Gasteiger partial charge on any atom is 0.219 e. The van der Waals surface area contributed by atoms with E-state index in [2.05, 4.69) is 9.98 Å². The molecule has 0 aromatic heterocycles. The summed E-state index contributed by atoms with van der Waals surface area (Å²) in [6.07, 6.45) is 0.431. The molecule has 0 saturated heterocycles. The summed E-state index contributed by atoms with van der Waals surface area (Å²) in [5, 5.41) is 18.1. The molecular weight excluding hydrogens is 186 g/mol. The molecule has 82 valence electrons. The van der Waals surface area contributed by atoms with E-state index in [1.807, 2.05) is 0 Å². The van der Waals surface area contributed by atoms with Gasteiger partial charge in [0, 0.05) is 0 Å². The van der Waals surface area contributed by atoms with E-state index >= 15 is 0 Å². The third kappa shape index (κ3) is 3.58. The quantitative estimate of drug-likeness (QED) is 0.258. The minimum atomic E-state index is -1.01. The van der Waals surface area contributed by atoms with Crippen molar-refractivity contribution in [3.05, 3.63) is 0 Å². The lowest BCUT2D eigenvalue weighted by Gasteiger charge is -2.23. The molecule has 0 saturated carbocycles. The smallest absolute Gasteiger partial charge is 0.219 e. The Morgan fingerprint density at radius 2 is 1.71 bits per heavy atom. The van der Waals surface area contributed by atoms with Gasteiger partial charge >= 0.3 is 0 Å². The highest BCUT2D eigenvalue weighted by Gasteiger charge is 2.25. The Morgan fingerprint density at radius 3 is 2.00 bits per heavy atom. The first-order valence-corrected chi connectivity index (χ1v) is 4.16. The van der Waals surface area contributed by atoms with Crippen molar-refractivity contribution in [2.45, 2.75) is 18.9 Å². The second kappa shape index (κ2) is 5.40. The topological polar surface area (TPSA) is 143 Å². The highest BCUT2D eigenvalue weighted by atomic mass is 16.3. The molecule has 0 aromatic rings. The van der Waals surface area contributed by atoms with Gasteiger partial charge in [-0.2, -0.15) is 4.99 Å². The van der Waals surface area contributed by atoms with Crippen LogP contribution in [0.3, 0.4) is 0 Å². The average Bonchev–Trinajstić information content (AvgIpc) is 2.13. The molecule has 7 heteroatoms. The Morgan fingerprint density at radius 1 is 1.21 bits per heavy atom. The third-order valence-corrected chi connectivity index (χ3v) is 1.84. The molecule has 0 aliphatic carbocycles. The molecule has 0 aliphatic rings. The maximum atomic E-state index is 9.03. The van der Waals surface area contributed by atoms with E-state index in [0.29, 0.717) is 6.42 Å². The minimum absolute atomic E-state index is 0.157. The zero-order chi connectivity index (χ0) is 11.2. The lowest BCUT2D eigenvalue weighted by molar-refractivity contribution is 0.120. The summed E-state index contributed by atoms with van der Waals surface area (Å²) in [6.45, 7) is 1.13. The van der Waals surface area contributed by atoms with Crippen molar-refractivity contribution in [3.8, 4) is 0 Å². The molecule has 8 N–H and O–H groups in total. The number of aliphatic hydroxyl groups is 2. The molecule has 0 amide bonds. The molecule has 0 rings (SSSR count). The van der Waals surface area contributed by atoms with Crippen molar-refractivity contribution in [2.24, 2.45) is 27.2 Å². The van der Waals surface area contributed by atoms with Gasteiger partial charge in [-0.05, 0) is 6.42 Å². The van der Waals surface area contributed by atoms with Crippen molar-refractivity contribution in [2.75, 3.05) is 13.2 Å². The SMILES string of the molecule is CCC(CO)(CO)N=C(N)N=C(N)N. The van der Waals surface area contributed by atoms with Crippen LogP contribution in [-0.2, 0) is 0 Å². The molecule has 14 heavy (non-hydrogen) atoms. The van der Waals surface area contributed by atoms with Crippen LogP contribution in [0.1, 0.15) is 13.3 Å². The van der Waals surface area contributed by atoms with Gasteiger partial charge in [0.25, 0.3) is 0 Å². The number of guanidine groups is 2. The Bertz CT molecular complexity index is 222. The molecule has 7 nitrogen and oxygen atoms in total. The Kier molecular flexibility index (Phi) is 4.89. The third-order valence-electron chi connectivity index (χ3n) is 1.84. The van der Waals surface area contributed by atoms with Gasteiger partial charge in [0.1, 0.15) is 5.54 Å². The van der Waals surface area contributed by atoms with Gasteiger partial charge in [0.15, 0.2) is 5.96 Å². The fraction of sp³-hybridized carbons (Fsp3) is 0.714. The van der Waals surface area contributed by atoms with Crippen molar-refractivity contribution in [3.63, 3.8) is 0 Å². The Balaban J connectivity index is 4.80. The number of nitrogens with zero attached hydrogens (tertiary/aromatic N) is 2. The first-order valence-electron chi connectivity index (χ1n) is 4.16. The van der Waals surface area contributed by atoms with Crippen LogP contribution in [0.2, 0.25) is 0 Å². The molecule has 0 atom stereocenters. The number of aliphatic hydroxyl groups excluding tert-OH is 2. The van der Waals surface area contributed by atoms with Gasteiger partial charge in [-0.25, -0.2) is 4.99 Å². The van der Waals surface area contributed by atoms with Gasteiger partial charge in [-0.15, -0.1) is 0 Å². The first-order chi connectivity index (χ1) is 6.49. The van der Waals surface area contributed by atoms with Crippen molar-refractivity contribution >= 4 is 11.9 Å². The van der Waals surface area contributed by atoms with E-state index in [4.69, 9.17) is 27.4 Å². The minimum Gasteiger partial charge on any atom is -0.394 e. The second-order valence-corrected chi connectivity index (χ2v) is 2.90. The molecule has 0 unspecified atom stereocenters. The van der Waals surface area contributed by atoms with Crippen molar-refractivity contribution < 1.29 is 10.2 Å². The van der Waals surface area contributed by atoms with Crippen LogP contribution in [0.15, 0.2) is 9.98 Å². The van der Waals surface area contributed by atoms with Crippen LogP contribution in [0, 0.1) is 0 Å². The van der Waals surface area contributed by atoms with Gasteiger partial charge < -0.3 is 27.4 Å². The first kappa shape index (κ1) is 12.7. The summed E-state index contributed by atoms with van der Waals surface area (Å²) in [5.74, 6) is -0.373. The molecule has 0 heterocycles. The molecule has 0 radical (unpaired) electrons. The van der Waals surface area contributed by atoms with Crippen LogP contribution in [-0.4, -0.2) is 40.9 Å². The molecule has 0 spiro atoms. The fourth-order valence-corrected chi connectivity index (χ4v) is 0.824. The second-order valence-electron chi connectivity index (χ2n) is 2.90. The molecule has 0 bridgehead atoms. The Hall–Kier alpha value is -1.34. The standard InChI is InChI=1S/C7H17N5O2/c1-2-7(3-13,4-14)12-6(10)11-5(8)9/h13-14H,2-4H2,1H3,(H6,8,9,10,11,12). The largest absolute Gasteiger partial charge is 0.394 e. The monoisotopic (exact) mass is 203 g/mol. The fourth-order valence-electron chi connectivity index (χ4n) is 0.824. The van der Waals surface area contributed by atoms with Gasteiger partial charge in [0.2, 0.25) is 5.96 Å². The van der Waals surface area contributed by atoms with E-state index in [1.54, 1.807) is 6.92 Å².